The van der Waals surface area contributed by atoms with Gasteiger partial charge in [-0.3, -0.25) is 0 Å². The summed E-state index contributed by atoms with van der Waals surface area (Å²) in [5, 5.41) is 14.5. The molecule has 0 aliphatic carbocycles. The first-order valence-corrected chi connectivity index (χ1v) is 24.1. The fraction of sp³-hybridized carbons (Fsp3) is 0.0476. The average molecular weight is 921 g/mol. The highest BCUT2D eigenvalue weighted by atomic mass is 15.8. The van der Waals surface area contributed by atoms with Crippen LogP contribution in [-0.2, 0) is 0 Å². The highest BCUT2D eigenvalue weighted by Crippen LogP contribution is 2.39. The van der Waals surface area contributed by atoms with Gasteiger partial charge in [0.15, 0.2) is 0 Å². The first kappa shape index (κ1) is 44.4. The van der Waals surface area contributed by atoms with Gasteiger partial charge in [-0.25, -0.2) is 5.01 Å². The number of nitrogens with zero attached hydrogens (tertiary/aromatic N) is 7. The third-order valence-electron chi connectivity index (χ3n) is 12.8. The van der Waals surface area contributed by atoms with E-state index in [0.717, 1.165) is 86.8 Å². The van der Waals surface area contributed by atoms with Crippen LogP contribution in [0.4, 0.5) is 62.6 Å². The second-order valence-electron chi connectivity index (χ2n) is 17.5. The van der Waals surface area contributed by atoms with Crippen LogP contribution in [0.3, 0.4) is 0 Å². The molecular weight excluding hydrogens is 869 g/mol. The summed E-state index contributed by atoms with van der Waals surface area (Å²) in [5.74, 6) is 0.437. The molecule has 1 aliphatic heterocycles. The van der Waals surface area contributed by atoms with Gasteiger partial charge in [0.25, 0.3) is 0 Å². The lowest BCUT2D eigenvalue weighted by Gasteiger charge is -2.49. The Hall–Kier alpha value is -9.08. The molecule has 11 rings (SSSR count). The van der Waals surface area contributed by atoms with Crippen LogP contribution in [0.25, 0.3) is 16.7 Å². The van der Waals surface area contributed by atoms with Crippen LogP contribution in [0.15, 0.2) is 289 Å². The number of quaternary nitrogens is 1. The minimum atomic E-state index is 0.437. The Morgan fingerprint density at radius 1 is 0.324 bits per heavy atom. The summed E-state index contributed by atoms with van der Waals surface area (Å²) in [4.78, 5) is 4.59. The number of hydrogen-bond acceptors (Lipinski definition) is 5. The van der Waals surface area contributed by atoms with Gasteiger partial charge in [-0.15, -0.1) is 5.11 Å². The topological polar surface area (TPSA) is 56.2 Å². The van der Waals surface area contributed by atoms with E-state index in [1.165, 1.54) is 10.6 Å². The largest absolute Gasteiger partial charge is 0.396 e. The first-order valence-electron chi connectivity index (χ1n) is 24.1. The SMILES string of the molecule is c1ccc(N(N=Nc2ccc(N(c3ccccc3)c3ccc(-c4ccc(N(c5ccccc5)c5ccc(C6C[NH+]([N-]N(c7ccccc7)c7ccccc7)C6)cc5)cc4)cc3)cc2)c2ccccc2)cc1. The van der Waals surface area contributed by atoms with E-state index in [2.05, 4.69) is 213 Å². The molecule has 0 unspecified atom stereocenters. The van der Waals surface area contributed by atoms with Crippen molar-refractivity contribution in [2.75, 3.05) is 32.9 Å². The number of para-hydroxylation sites is 6. The molecule has 1 heterocycles. The van der Waals surface area contributed by atoms with Crippen molar-refractivity contribution in [1.29, 1.82) is 0 Å². The molecule has 1 fully saturated rings. The Bertz CT molecular complexity index is 3170. The molecule has 0 radical (unpaired) electrons. The van der Waals surface area contributed by atoms with Crippen molar-refractivity contribution in [2.45, 2.75) is 5.92 Å². The Morgan fingerprint density at radius 3 is 1.01 bits per heavy atom. The molecule has 0 saturated carbocycles. The van der Waals surface area contributed by atoms with Gasteiger partial charge in [0.1, 0.15) is 0 Å². The van der Waals surface area contributed by atoms with Crippen LogP contribution in [0.1, 0.15) is 11.5 Å². The lowest BCUT2D eigenvalue weighted by molar-refractivity contribution is -0.908. The number of nitrogens with one attached hydrogen (secondary N) is 1. The lowest BCUT2D eigenvalue weighted by Crippen LogP contribution is -3.16. The van der Waals surface area contributed by atoms with Gasteiger partial charge in [-0.2, -0.15) is 0 Å². The summed E-state index contributed by atoms with van der Waals surface area (Å²) in [6.07, 6.45) is 0. The molecule has 8 heteroatoms. The highest BCUT2D eigenvalue weighted by Gasteiger charge is 2.30. The first-order chi connectivity index (χ1) is 35.2. The van der Waals surface area contributed by atoms with Crippen molar-refractivity contribution < 1.29 is 5.01 Å². The predicted molar refractivity (Wildman–Crippen MR) is 293 cm³/mol. The second-order valence-corrected chi connectivity index (χ2v) is 17.5. The summed E-state index contributed by atoms with van der Waals surface area (Å²) in [5.41, 5.74) is 20.0. The van der Waals surface area contributed by atoms with E-state index in [9.17, 15) is 0 Å². The van der Waals surface area contributed by atoms with Crippen LogP contribution < -0.4 is 24.8 Å². The van der Waals surface area contributed by atoms with Gasteiger partial charge < -0.3 is 25.4 Å². The number of hydrogen-bond donors (Lipinski definition) is 1. The molecule has 10 aromatic carbocycles. The molecule has 8 nitrogen and oxygen atoms in total. The Kier molecular flexibility index (Phi) is 13.2. The van der Waals surface area contributed by atoms with Crippen molar-refractivity contribution in [3.05, 3.63) is 290 Å². The van der Waals surface area contributed by atoms with Crippen molar-refractivity contribution in [1.82, 2.24) is 0 Å². The number of benzene rings is 10. The molecule has 0 atom stereocenters. The van der Waals surface area contributed by atoms with E-state index in [4.69, 9.17) is 5.53 Å². The maximum Gasteiger partial charge on any atom is 0.0876 e. The standard InChI is InChI=1S/C63H52N8/c1-7-19-54(20-8-1)68(58-43-35-51(36-44-58)52-47-67(48-52)66-71(62-27-15-5-16-28-62)63-29-17-6-18-30-63)56-39-31-49(32-40-56)50-33-41-57(42-34-50)69(55-21-9-2-10-22-55)59-45-37-53(38-46-59)64-65-70(60-23-11-3-12-24-60)61-25-13-4-14-26-61/h1-46,52,67H,47-48H2. The molecule has 0 aromatic heterocycles. The molecule has 71 heavy (non-hydrogen) atoms. The van der Waals surface area contributed by atoms with Gasteiger partial charge >= 0.3 is 0 Å². The monoisotopic (exact) mass is 920 g/mol. The van der Waals surface area contributed by atoms with Crippen molar-refractivity contribution >= 4 is 62.6 Å². The third kappa shape index (κ3) is 10.2. The lowest BCUT2D eigenvalue weighted by atomic mass is 9.93. The molecule has 1 saturated heterocycles. The minimum Gasteiger partial charge on any atom is -0.396 e. The zero-order valence-electron chi connectivity index (χ0n) is 39.2. The van der Waals surface area contributed by atoms with E-state index in [0.29, 0.717) is 5.92 Å². The Morgan fingerprint density at radius 2 is 0.634 bits per heavy atom. The number of rotatable bonds is 16. The van der Waals surface area contributed by atoms with E-state index < -0.39 is 0 Å². The van der Waals surface area contributed by atoms with Crippen LogP contribution in [0.2, 0.25) is 0 Å². The maximum atomic E-state index is 5.15. The smallest absolute Gasteiger partial charge is 0.0876 e. The van der Waals surface area contributed by atoms with Crippen LogP contribution in [-0.4, -0.2) is 13.1 Å². The Labute approximate surface area is 416 Å². The summed E-state index contributed by atoms with van der Waals surface area (Å²) < 4.78 is 0. The molecular formula is C63H52N8. The van der Waals surface area contributed by atoms with Crippen LogP contribution in [0.5, 0.6) is 0 Å². The molecule has 1 aliphatic rings. The zero-order chi connectivity index (χ0) is 47.6. The molecule has 0 amide bonds. The third-order valence-corrected chi connectivity index (χ3v) is 12.8. The van der Waals surface area contributed by atoms with E-state index in [1.54, 1.807) is 0 Å². The summed E-state index contributed by atoms with van der Waals surface area (Å²) in [7, 11) is 0. The predicted octanol–water partition coefficient (Wildman–Crippen LogP) is 16.2. The fourth-order valence-corrected chi connectivity index (χ4v) is 9.08. The van der Waals surface area contributed by atoms with E-state index in [1.807, 2.05) is 96.0 Å². The second kappa shape index (κ2) is 21.1. The quantitative estimate of drug-likeness (QED) is 0.0775. The minimum absolute atomic E-state index is 0.437. The van der Waals surface area contributed by atoms with Gasteiger partial charge in [-0.1, -0.05) is 151 Å². The van der Waals surface area contributed by atoms with E-state index in [-0.39, 0.29) is 0 Å². The van der Waals surface area contributed by atoms with Crippen LogP contribution in [0, 0.1) is 0 Å². The fourth-order valence-electron chi connectivity index (χ4n) is 9.08. The van der Waals surface area contributed by atoms with Crippen molar-refractivity contribution in [3.8, 4) is 11.1 Å². The number of anilines is 10. The van der Waals surface area contributed by atoms with Gasteiger partial charge in [0.05, 0.1) is 36.1 Å². The van der Waals surface area contributed by atoms with Gasteiger partial charge in [-0.05, 0) is 150 Å². The molecule has 0 bridgehead atoms. The van der Waals surface area contributed by atoms with E-state index >= 15 is 0 Å². The molecule has 1 N–H and O–H groups in total. The molecule has 344 valence electrons. The van der Waals surface area contributed by atoms with Gasteiger partial charge in [0, 0.05) is 45.5 Å². The van der Waals surface area contributed by atoms with Gasteiger partial charge in [0.2, 0.25) is 0 Å². The van der Waals surface area contributed by atoms with Crippen molar-refractivity contribution in [2.24, 2.45) is 10.3 Å². The molecule has 10 aromatic rings. The van der Waals surface area contributed by atoms with Crippen LogP contribution >= 0.6 is 0 Å². The highest BCUT2D eigenvalue weighted by molar-refractivity contribution is 5.81. The van der Waals surface area contributed by atoms with Crippen molar-refractivity contribution in [3.63, 3.8) is 0 Å². The Balaban J connectivity index is 0.790. The summed E-state index contributed by atoms with van der Waals surface area (Å²) in [6, 6.07) is 97.0. The zero-order valence-corrected chi connectivity index (χ0v) is 39.2. The summed E-state index contributed by atoms with van der Waals surface area (Å²) in [6.45, 7) is 1.88. The maximum absolute atomic E-state index is 5.15. The summed E-state index contributed by atoms with van der Waals surface area (Å²) >= 11 is 0. The average Bonchev–Trinajstić information content (AvgIpc) is 3.44. The molecule has 0 spiro atoms. The normalized spacial score (nSPS) is 14.1.